The van der Waals surface area contributed by atoms with E-state index in [2.05, 4.69) is 44.3 Å². The lowest BCUT2D eigenvalue weighted by Gasteiger charge is -2.39. The summed E-state index contributed by atoms with van der Waals surface area (Å²) in [5.41, 5.74) is 4.25. The summed E-state index contributed by atoms with van der Waals surface area (Å²) in [7, 11) is 0. The van der Waals surface area contributed by atoms with Crippen molar-refractivity contribution in [1.29, 1.82) is 0 Å². The highest BCUT2D eigenvalue weighted by Gasteiger charge is 2.33. The molecular weight excluding hydrogens is 254 g/mol. The molecule has 1 N–H and O–H groups in total. The normalized spacial score (nSPS) is 27.5. The van der Waals surface area contributed by atoms with Crippen molar-refractivity contribution in [1.82, 2.24) is 5.32 Å². The van der Waals surface area contributed by atoms with Gasteiger partial charge in [-0.25, -0.2) is 0 Å². The van der Waals surface area contributed by atoms with Gasteiger partial charge in [-0.3, -0.25) is 0 Å². The predicted octanol–water partition coefficient (Wildman–Crippen LogP) is 4.58. The number of hydrogen-bond acceptors (Lipinski definition) is 1. The van der Waals surface area contributed by atoms with E-state index >= 15 is 0 Å². The number of alkyl halides is 1. The minimum atomic E-state index is 0.151. The van der Waals surface area contributed by atoms with Gasteiger partial charge in [0.05, 0.1) is 0 Å². The molecule has 0 aromatic heterocycles. The minimum Gasteiger partial charge on any atom is -0.306 e. The molecule has 2 heteroatoms. The standard InChI is InChI=1S/C17H26ClN/c1-13-5-4-8-17(10-13,12-18)19-11-16-7-6-14(2)15(3)9-16/h6-7,9,13,19H,4-5,8,10-12H2,1-3H3. The second-order valence-corrected chi connectivity index (χ2v) is 6.65. The van der Waals surface area contributed by atoms with Crippen molar-refractivity contribution in [2.75, 3.05) is 5.88 Å². The zero-order valence-electron chi connectivity index (χ0n) is 12.4. The Morgan fingerprint density at radius 1 is 1.32 bits per heavy atom. The van der Waals surface area contributed by atoms with Crippen LogP contribution in [-0.4, -0.2) is 11.4 Å². The molecule has 1 saturated carbocycles. The lowest BCUT2D eigenvalue weighted by molar-refractivity contribution is 0.207. The molecule has 2 rings (SSSR count). The fourth-order valence-electron chi connectivity index (χ4n) is 3.19. The molecule has 0 bridgehead atoms. The smallest absolute Gasteiger partial charge is 0.0406 e. The van der Waals surface area contributed by atoms with Gasteiger partial charge in [0.1, 0.15) is 0 Å². The monoisotopic (exact) mass is 279 g/mol. The SMILES string of the molecule is Cc1ccc(CNC2(CCl)CCCC(C)C2)cc1C. The van der Waals surface area contributed by atoms with Crippen LogP contribution in [0.1, 0.15) is 49.3 Å². The molecule has 2 atom stereocenters. The van der Waals surface area contributed by atoms with Gasteiger partial charge in [0.2, 0.25) is 0 Å². The van der Waals surface area contributed by atoms with Crippen LogP contribution in [0.5, 0.6) is 0 Å². The van der Waals surface area contributed by atoms with Gasteiger partial charge >= 0.3 is 0 Å². The van der Waals surface area contributed by atoms with Crippen molar-refractivity contribution in [3.8, 4) is 0 Å². The van der Waals surface area contributed by atoms with Gasteiger partial charge in [-0.15, -0.1) is 11.6 Å². The summed E-state index contributed by atoms with van der Waals surface area (Å²) < 4.78 is 0. The topological polar surface area (TPSA) is 12.0 Å². The Hall–Kier alpha value is -0.530. The zero-order chi connectivity index (χ0) is 13.9. The lowest BCUT2D eigenvalue weighted by atomic mass is 9.77. The average molecular weight is 280 g/mol. The average Bonchev–Trinajstić information content (AvgIpc) is 2.40. The largest absolute Gasteiger partial charge is 0.306 e. The van der Waals surface area contributed by atoms with Crippen molar-refractivity contribution in [2.45, 2.75) is 58.5 Å². The third-order valence-electron chi connectivity index (χ3n) is 4.59. The van der Waals surface area contributed by atoms with E-state index in [1.54, 1.807) is 0 Å². The maximum absolute atomic E-state index is 6.26. The van der Waals surface area contributed by atoms with Gasteiger partial charge in [0, 0.05) is 18.0 Å². The van der Waals surface area contributed by atoms with Gasteiger partial charge in [-0.05, 0) is 49.3 Å². The molecule has 1 aliphatic carbocycles. The van der Waals surface area contributed by atoms with Crippen LogP contribution < -0.4 is 5.32 Å². The first-order valence-corrected chi connectivity index (χ1v) is 7.95. The molecule has 1 aliphatic rings. The van der Waals surface area contributed by atoms with E-state index in [-0.39, 0.29) is 5.54 Å². The zero-order valence-corrected chi connectivity index (χ0v) is 13.2. The Balaban J connectivity index is 2.01. The van der Waals surface area contributed by atoms with E-state index in [4.69, 9.17) is 11.6 Å². The minimum absolute atomic E-state index is 0.151. The number of nitrogens with one attached hydrogen (secondary N) is 1. The van der Waals surface area contributed by atoms with E-state index in [9.17, 15) is 0 Å². The molecule has 1 aromatic carbocycles. The summed E-state index contributed by atoms with van der Waals surface area (Å²) in [6.07, 6.45) is 5.07. The van der Waals surface area contributed by atoms with Crippen molar-refractivity contribution >= 4 is 11.6 Å². The lowest BCUT2D eigenvalue weighted by Crippen LogP contribution is -2.49. The summed E-state index contributed by atoms with van der Waals surface area (Å²) in [4.78, 5) is 0. The van der Waals surface area contributed by atoms with Crippen LogP contribution in [0.3, 0.4) is 0 Å². The Morgan fingerprint density at radius 2 is 2.11 bits per heavy atom. The van der Waals surface area contributed by atoms with Crippen molar-refractivity contribution in [3.05, 3.63) is 34.9 Å². The molecule has 106 valence electrons. The summed E-state index contributed by atoms with van der Waals surface area (Å²) >= 11 is 6.26. The highest BCUT2D eigenvalue weighted by atomic mass is 35.5. The molecule has 1 aromatic rings. The molecule has 0 saturated heterocycles. The van der Waals surface area contributed by atoms with Crippen LogP contribution in [0.25, 0.3) is 0 Å². The third-order valence-corrected chi connectivity index (χ3v) is 5.10. The molecule has 0 spiro atoms. The Morgan fingerprint density at radius 3 is 2.74 bits per heavy atom. The molecule has 0 heterocycles. The summed E-state index contributed by atoms with van der Waals surface area (Å²) in [6.45, 7) is 7.62. The van der Waals surface area contributed by atoms with Crippen molar-refractivity contribution in [2.24, 2.45) is 5.92 Å². The van der Waals surface area contributed by atoms with Crippen LogP contribution in [-0.2, 0) is 6.54 Å². The molecule has 1 fully saturated rings. The number of aryl methyl sites for hydroxylation is 2. The number of rotatable bonds is 4. The first-order valence-electron chi connectivity index (χ1n) is 7.42. The Labute approximate surface area is 122 Å². The van der Waals surface area contributed by atoms with Crippen molar-refractivity contribution in [3.63, 3.8) is 0 Å². The van der Waals surface area contributed by atoms with Gasteiger partial charge in [-0.2, -0.15) is 0 Å². The first-order chi connectivity index (χ1) is 9.04. The number of benzene rings is 1. The quantitative estimate of drug-likeness (QED) is 0.796. The van der Waals surface area contributed by atoms with Crippen LogP contribution in [0.15, 0.2) is 18.2 Å². The second-order valence-electron chi connectivity index (χ2n) is 6.39. The summed E-state index contributed by atoms with van der Waals surface area (Å²) in [5.74, 6) is 1.52. The molecule has 19 heavy (non-hydrogen) atoms. The first kappa shape index (κ1) is 14.9. The van der Waals surface area contributed by atoms with Crippen LogP contribution >= 0.6 is 11.6 Å². The third kappa shape index (κ3) is 3.73. The van der Waals surface area contributed by atoms with E-state index < -0.39 is 0 Å². The number of hydrogen-bond donors (Lipinski definition) is 1. The Bertz CT molecular complexity index is 429. The summed E-state index contributed by atoms with van der Waals surface area (Å²) in [5, 5.41) is 3.75. The van der Waals surface area contributed by atoms with Gasteiger partial charge < -0.3 is 5.32 Å². The van der Waals surface area contributed by atoms with E-state index in [1.807, 2.05) is 0 Å². The van der Waals surface area contributed by atoms with Crippen LogP contribution in [0, 0.1) is 19.8 Å². The molecule has 0 amide bonds. The van der Waals surface area contributed by atoms with Gasteiger partial charge in [-0.1, -0.05) is 38.0 Å². The van der Waals surface area contributed by atoms with Crippen LogP contribution in [0.2, 0.25) is 0 Å². The Kier molecular flexibility index (Phi) is 4.92. The van der Waals surface area contributed by atoms with Crippen molar-refractivity contribution < 1.29 is 0 Å². The predicted molar refractivity (Wildman–Crippen MR) is 83.8 cm³/mol. The van der Waals surface area contributed by atoms with Crippen LogP contribution in [0.4, 0.5) is 0 Å². The highest BCUT2D eigenvalue weighted by Crippen LogP contribution is 2.33. The molecule has 0 aliphatic heterocycles. The van der Waals surface area contributed by atoms with E-state index in [0.717, 1.165) is 18.3 Å². The molecule has 1 nitrogen and oxygen atoms in total. The molecule has 2 unspecified atom stereocenters. The van der Waals surface area contributed by atoms with E-state index in [0.29, 0.717) is 0 Å². The molecule has 0 radical (unpaired) electrons. The fourth-order valence-corrected chi connectivity index (χ4v) is 3.53. The highest BCUT2D eigenvalue weighted by molar-refractivity contribution is 6.18. The van der Waals surface area contributed by atoms with E-state index in [1.165, 1.54) is 42.4 Å². The maximum atomic E-state index is 6.26. The van der Waals surface area contributed by atoms with Gasteiger partial charge in [0.25, 0.3) is 0 Å². The van der Waals surface area contributed by atoms with Gasteiger partial charge in [0.15, 0.2) is 0 Å². The maximum Gasteiger partial charge on any atom is 0.0406 e. The fraction of sp³-hybridized carbons (Fsp3) is 0.647. The molecular formula is C17H26ClN. The second kappa shape index (κ2) is 6.28. The summed E-state index contributed by atoms with van der Waals surface area (Å²) in [6, 6.07) is 6.73. The number of halogens is 1.